The maximum atomic E-state index is 5.34. The van der Waals surface area contributed by atoms with E-state index in [0.717, 1.165) is 12.2 Å². The van der Waals surface area contributed by atoms with Crippen LogP contribution in [0.5, 0.6) is 0 Å². The van der Waals surface area contributed by atoms with Crippen LogP contribution in [0.15, 0.2) is 0 Å². The zero-order chi connectivity index (χ0) is 7.56. The molecule has 0 aliphatic heterocycles. The highest BCUT2D eigenvalue weighted by Gasteiger charge is 1.98. The lowest BCUT2D eigenvalue weighted by atomic mass is 10.4. The van der Waals surface area contributed by atoms with Gasteiger partial charge in [-0.25, -0.2) is 0 Å². The first-order chi connectivity index (χ1) is 4.75. The van der Waals surface area contributed by atoms with Gasteiger partial charge in [-0.1, -0.05) is 0 Å². The quantitative estimate of drug-likeness (QED) is 0.595. The van der Waals surface area contributed by atoms with Gasteiger partial charge in [-0.2, -0.15) is 5.10 Å². The number of hydrogen-bond donors (Lipinski definition) is 2. The van der Waals surface area contributed by atoms with Gasteiger partial charge >= 0.3 is 0 Å². The molecule has 0 aromatic carbocycles. The average molecular weight is 158 g/mol. The zero-order valence-electron chi connectivity index (χ0n) is 5.79. The first kappa shape index (κ1) is 7.43. The summed E-state index contributed by atoms with van der Waals surface area (Å²) in [6, 6.07) is 0. The largest absolute Gasteiger partial charge is 0.330 e. The Balaban J connectivity index is 2.94. The molecule has 0 aliphatic rings. The minimum Gasteiger partial charge on any atom is -0.330 e. The van der Waals surface area contributed by atoms with E-state index in [1.54, 1.807) is 0 Å². The van der Waals surface area contributed by atoms with Crippen LogP contribution in [0.2, 0.25) is 0 Å². The van der Waals surface area contributed by atoms with Gasteiger partial charge in [0.2, 0.25) is 0 Å². The fourth-order valence-corrected chi connectivity index (χ4v) is 0.883. The van der Waals surface area contributed by atoms with Crippen LogP contribution >= 0.6 is 12.2 Å². The molecule has 0 fully saturated rings. The molecule has 0 saturated heterocycles. The van der Waals surface area contributed by atoms with Gasteiger partial charge in [-0.05, 0) is 18.8 Å². The predicted octanol–water partition coefficient (Wildman–Crippen LogP) is -0.0211. The molecule has 1 aromatic rings. The second kappa shape index (κ2) is 2.94. The van der Waals surface area contributed by atoms with Crippen molar-refractivity contribution in [2.75, 3.05) is 6.54 Å². The van der Waals surface area contributed by atoms with Crippen molar-refractivity contribution >= 4 is 12.2 Å². The van der Waals surface area contributed by atoms with Gasteiger partial charge in [0.1, 0.15) is 5.82 Å². The number of nitrogens with one attached hydrogen (secondary N) is 1. The summed E-state index contributed by atoms with van der Waals surface area (Å²) in [5.74, 6) is 0.910. The van der Waals surface area contributed by atoms with Crippen molar-refractivity contribution in [3.8, 4) is 0 Å². The van der Waals surface area contributed by atoms with E-state index in [-0.39, 0.29) is 0 Å². The number of aromatic nitrogens is 3. The van der Waals surface area contributed by atoms with E-state index in [2.05, 4.69) is 10.2 Å². The van der Waals surface area contributed by atoms with Crippen molar-refractivity contribution in [3.63, 3.8) is 0 Å². The van der Waals surface area contributed by atoms with Crippen LogP contribution in [0.25, 0.3) is 0 Å². The minimum atomic E-state index is 0.605. The monoisotopic (exact) mass is 158 g/mol. The van der Waals surface area contributed by atoms with Gasteiger partial charge in [-0.15, -0.1) is 0 Å². The lowest BCUT2D eigenvalue weighted by Gasteiger charge is -1.94. The highest BCUT2D eigenvalue weighted by molar-refractivity contribution is 7.71. The van der Waals surface area contributed by atoms with Gasteiger partial charge in [0.05, 0.1) is 0 Å². The Morgan fingerprint density at radius 2 is 2.50 bits per heavy atom. The molecule has 0 radical (unpaired) electrons. The van der Waals surface area contributed by atoms with Gasteiger partial charge in [-0.3, -0.25) is 5.10 Å². The summed E-state index contributed by atoms with van der Waals surface area (Å²) in [5, 5.41) is 6.65. The Morgan fingerprint density at radius 3 is 2.90 bits per heavy atom. The molecular formula is C5H10N4S. The van der Waals surface area contributed by atoms with Crippen LogP contribution in [0, 0.1) is 4.77 Å². The number of aromatic amines is 1. The van der Waals surface area contributed by atoms with Crippen molar-refractivity contribution in [1.29, 1.82) is 0 Å². The van der Waals surface area contributed by atoms with Gasteiger partial charge in [0.15, 0.2) is 4.77 Å². The molecule has 4 nitrogen and oxygen atoms in total. The first-order valence-electron chi connectivity index (χ1n) is 3.06. The number of nitrogens with two attached hydrogens (primary N) is 1. The SMILES string of the molecule is Cn1c(CCN)n[nH]c1=S. The summed E-state index contributed by atoms with van der Waals surface area (Å²) in [7, 11) is 1.87. The van der Waals surface area contributed by atoms with Crippen molar-refractivity contribution in [3.05, 3.63) is 10.6 Å². The second-order valence-electron chi connectivity index (χ2n) is 2.04. The molecule has 0 bridgehead atoms. The molecule has 1 rings (SSSR count). The summed E-state index contributed by atoms with van der Waals surface area (Å²) in [4.78, 5) is 0. The Bertz CT molecular complexity index is 261. The molecule has 0 spiro atoms. The van der Waals surface area contributed by atoms with Gasteiger partial charge in [0, 0.05) is 13.5 Å². The van der Waals surface area contributed by atoms with E-state index < -0.39 is 0 Å². The molecule has 0 aliphatic carbocycles. The highest BCUT2D eigenvalue weighted by Crippen LogP contribution is 1.92. The Labute approximate surface area is 64.1 Å². The zero-order valence-corrected chi connectivity index (χ0v) is 6.61. The average Bonchev–Trinajstić information content (AvgIpc) is 2.20. The van der Waals surface area contributed by atoms with E-state index in [4.69, 9.17) is 18.0 Å². The Kier molecular flexibility index (Phi) is 2.18. The highest BCUT2D eigenvalue weighted by atomic mass is 32.1. The Morgan fingerprint density at radius 1 is 1.80 bits per heavy atom. The van der Waals surface area contributed by atoms with E-state index in [1.807, 2.05) is 11.6 Å². The van der Waals surface area contributed by atoms with E-state index in [9.17, 15) is 0 Å². The van der Waals surface area contributed by atoms with Crippen LogP contribution < -0.4 is 5.73 Å². The smallest absolute Gasteiger partial charge is 0.194 e. The maximum Gasteiger partial charge on any atom is 0.194 e. The maximum absolute atomic E-state index is 5.34. The number of nitrogens with zero attached hydrogens (tertiary/aromatic N) is 2. The van der Waals surface area contributed by atoms with Crippen molar-refractivity contribution < 1.29 is 0 Å². The molecule has 0 amide bonds. The Hall–Kier alpha value is -0.680. The van der Waals surface area contributed by atoms with Crippen molar-refractivity contribution in [1.82, 2.24) is 14.8 Å². The molecule has 3 N–H and O–H groups in total. The van der Waals surface area contributed by atoms with E-state index >= 15 is 0 Å². The number of rotatable bonds is 2. The third kappa shape index (κ3) is 1.25. The van der Waals surface area contributed by atoms with Crippen molar-refractivity contribution in [2.45, 2.75) is 6.42 Å². The molecule has 0 atom stereocenters. The van der Waals surface area contributed by atoms with Crippen LogP contribution in [0.3, 0.4) is 0 Å². The summed E-state index contributed by atoms with van der Waals surface area (Å²) >= 11 is 4.89. The number of H-pyrrole nitrogens is 1. The van der Waals surface area contributed by atoms with Gasteiger partial charge in [0.25, 0.3) is 0 Å². The minimum absolute atomic E-state index is 0.605. The normalized spacial score (nSPS) is 10.2. The molecule has 0 unspecified atom stereocenters. The lowest BCUT2D eigenvalue weighted by molar-refractivity contribution is 0.771. The molecule has 0 saturated carbocycles. The third-order valence-electron chi connectivity index (χ3n) is 1.34. The molecule has 56 valence electrons. The lowest BCUT2D eigenvalue weighted by Crippen LogP contribution is -2.07. The molecular weight excluding hydrogens is 148 g/mol. The second-order valence-corrected chi connectivity index (χ2v) is 2.43. The summed E-state index contributed by atoms with van der Waals surface area (Å²) in [6.45, 7) is 0.605. The molecule has 10 heavy (non-hydrogen) atoms. The fraction of sp³-hybridized carbons (Fsp3) is 0.600. The number of hydrogen-bond acceptors (Lipinski definition) is 3. The van der Waals surface area contributed by atoms with E-state index in [1.165, 1.54) is 0 Å². The summed E-state index contributed by atoms with van der Waals surface area (Å²) < 4.78 is 2.46. The fourth-order valence-electron chi connectivity index (χ4n) is 0.732. The standard InChI is InChI=1S/C5H10N4S/c1-9-4(2-3-6)7-8-5(9)10/h2-3,6H2,1H3,(H,8,10). The first-order valence-corrected chi connectivity index (χ1v) is 3.47. The molecule has 1 aromatic heterocycles. The van der Waals surface area contributed by atoms with Crippen LogP contribution in [-0.4, -0.2) is 21.3 Å². The van der Waals surface area contributed by atoms with Gasteiger partial charge < -0.3 is 10.3 Å². The van der Waals surface area contributed by atoms with Crippen LogP contribution in [0.4, 0.5) is 0 Å². The van der Waals surface area contributed by atoms with Crippen LogP contribution in [-0.2, 0) is 13.5 Å². The predicted molar refractivity (Wildman–Crippen MR) is 41.2 cm³/mol. The molecule has 5 heteroatoms. The van der Waals surface area contributed by atoms with E-state index in [0.29, 0.717) is 11.3 Å². The summed E-state index contributed by atoms with van der Waals surface area (Å²) in [5.41, 5.74) is 5.34. The van der Waals surface area contributed by atoms with Crippen LogP contribution in [0.1, 0.15) is 5.82 Å². The molecule has 1 heterocycles. The third-order valence-corrected chi connectivity index (χ3v) is 1.71. The summed E-state index contributed by atoms with van der Waals surface area (Å²) in [6.07, 6.45) is 0.768. The topological polar surface area (TPSA) is 59.6 Å². The van der Waals surface area contributed by atoms with Crippen molar-refractivity contribution in [2.24, 2.45) is 12.8 Å².